The maximum absolute atomic E-state index is 6.25. The van der Waals surface area contributed by atoms with Crippen molar-refractivity contribution < 1.29 is 0 Å². The maximum atomic E-state index is 6.25. The molecule has 2 nitrogen and oxygen atoms in total. The molecule has 2 rings (SSSR count). The van der Waals surface area contributed by atoms with E-state index in [-0.39, 0.29) is 0 Å². The normalized spacial score (nSPS) is 24.9. The number of piperidine rings is 1. The molecule has 3 heteroatoms. The van der Waals surface area contributed by atoms with Crippen LogP contribution >= 0.6 is 11.6 Å². The van der Waals surface area contributed by atoms with E-state index in [1.54, 1.807) is 0 Å². The number of hydrogen-bond acceptors (Lipinski definition) is 2. The van der Waals surface area contributed by atoms with Gasteiger partial charge in [-0.2, -0.15) is 0 Å². The fourth-order valence-corrected chi connectivity index (χ4v) is 3.37. The summed E-state index contributed by atoms with van der Waals surface area (Å²) in [6.45, 7) is 9.18. The highest BCUT2D eigenvalue weighted by atomic mass is 35.5. The highest BCUT2D eigenvalue weighted by Gasteiger charge is 2.28. The van der Waals surface area contributed by atoms with Gasteiger partial charge in [0, 0.05) is 24.2 Å². The Hall–Kier alpha value is -0.570. The lowest BCUT2D eigenvalue weighted by molar-refractivity contribution is 0.0787. The Morgan fingerprint density at radius 3 is 2.74 bits per heavy atom. The van der Waals surface area contributed by atoms with Crippen LogP contribution in [0.4, 0.5) is 0 Å². The van der Waals surface area contributed by atoms with Gasteiger partial charge in [-0.3, -0.25) is 4.90 Å². The minimum Gasteiger partial charge on any atom is -0.303 e. The van der Waals surface area contributed by atoms with Crippen molar-refractivity contribution in [2.75, 3.05) is 26.7 Å². The topological polar surface area (TPSA) is 6.48 Å². The summed E-state index contributed by atoms with van der Waals surface area (Å²) < 4.78 is 0. The van der Waals surface area contributed by atoms with Gasteiger partial charge >= 0.3 is 0 Å². The highest BCUT2D eigenvalue weighted by molar-refractivity contribution is 6.31. The van der Waals surface area contributed by atoms with Crippen LogP contribution < -0.4 is 0 Å². The van der Waals surface area contributed by atoms with Crippen LogP contribution in [0, 0.1) is 5.92 Å². The molecular formula is C16H25ClN2. The largest absolute Gasteiger partial charge is 0.303 e. The summed E-state index contributed by atoms with van der Waals surface area (Å²) >= 11 is 6.25. The Morgan fingerprint density at radius 1 is 1.37 bits per heavy atom. The molecule has 0 aromatic heterocycles. The van der Waals surface area contributed by atoms with Gasteiger partial charge in [-0.1, -0.05) is 43.6 Å². The summed E-state index contributed by atoms with van der Waals surface area (Å²) in [7, 11) is 2.23. The smallest absolute Gasteiger partial charge is 0.0451 e. The number of rotatable bonds is 4. The van der Waals surface area contributed by atoms with E-state index in [0.717, 1.165) is 17.5 Å². The SMILES string of the molecule is CCN1CC[C@H](N(C)Cc2ccccc2Cl)[C@H](C)C1. The molecule has 1 fully saturated rings. The van der Waals surface area contributed by atoms with E-state index in [0.29, 0.717) is 6.04 Å². The average Bonchev–Trinajstić information content (AvgIpc) is 2.41. The first-order chi connectivity index (χ1) is 9.11. The molecule has 2 atom stereocenters. The van der Waals surface area contributed by atoms with Crippen LogP contribution in [0.5, 0.6) is 0 Å². The van der Waals surface area contributed by atoms with Crippen molar-refractivity contribution in [1.82, 2.24) is 9.80 Å². The molecule has 1 saturated heterocycles. The maximum Gasteiger partial charge on any atom is 0.0451 e. The van der Waals surface area contributed by atoms with Crippen LogP contribution in [-0.4, -0.2) is 42.5 Å². The van der Waals surface area contributed by atoms with Gasteiger partial charge in [-0.15, -0.1) is 0 Å². The predicted molar refractivity (Wildman–Crippen MR) is 82.6 cm³/mol. The average molecular weight is 281 g/mol. The molecule has 0 unspecified atom stereocenters. The molecule has 0 N–H and O–H groups in total. The standard InChI is InChI=1S/C16H25ClN2/c1-4-19-10-9-16(13(2)11-19)18(3)12-14-7-5-6-8-15(14)17/h5-8,13,16H,4,9-12H2,1-3H3/t13-,16+/m1/s1. The number of hydrogen-bond donors (Lipinski definition) is 0. The van der Waals surface area contributed by atoms with Crippen molar-refractivity contribution >= 4 is 11.6 Å². The van der Waals surface area contributed by atoms with E-state index >= 15 is 0 Å². The fraction of sp³-hybridized carbons (Fsp3) is 0.625. The van der Waals surface area contributed by atoms with E-state index in [4.69, 9.17) is 11.6 Å². The van der Waals surface area contributed by atoms with Crippen LogP contribution in [0.3, 0.4) is 0 Å². The van der Waals surface area contributed by atoms with Crippen LogP contribution in [0.15, 0.2) is 24.3 Å². The van der Waals surface area contributed by atoms with Crippen LogP contribution in [0.2, 0.25) is 5.02 Å². The first kappa shape index (κ1) is 14.8. The molecule has 0 aliphatic carbocycles. The second kappa shape index (κ2) is 6.74. The Labute approximate surface area is 122 Å². The van der Waals surface area contributed by atoms with Gasteiger partial charge in [0.15, 0.2) is 0 Å². The summed E-state index contributed by atoms with van der Waals surface area (Å²) in [5.74, 6) is 0.723. The van der Waals surface area contributed by atoms with E-state index in [1.165, 1.54) is 31.6 Å². The third-order valence-corrected chi connectivity index (χ3v) is 4.70. The second-order valence-corrected chi connectivity index (χ2v) is 6.14. The molecule has 1 aromatic rings. The first-order valence-corrected chi connectivity index (χ1v) is 7.65. The Kier molecular flexibility index (Phi) is 5.26. The van der Waals surface area contributed by atoms with Gasteiger partial charge in [0.25, 0.3) is 0 Å². The lowest BCUT2D eigenvalue weighted by Gasteiger charge is -2.41. The number of halogens is 1. The van der Waals surface area contributed by atoms with E-state index in [2.05, 4.69) is 42.8 Å². The zero-order valence-corrected chi connectivity index (χ0v) is 13.0. The van der Waals surface area contributed by atoms with Crippen LogP contribution in [0.25, 0.3) is 0 Å². The molecule has 1 aromatic carbocycles. The summed E-state index contributed by atoms with van der Waals surface area (Å²) in [5.41, 5.74) is 1.23. The second-order valence-electron chi connectivity index (χ2n) is 5.73. The lowest BCUT2D eigenvalue weighted by atomic mass is 9.92. The molecular weight excluding hydrogens is 256 g/mol. The minimum absolute atomic E-state index is 0.666. The van der Waals surface area contributed by atoms with Crippen LogP contribution in [0.1, 0.15) is 25.8 Å². The van der Waals surface area contributed by atoms with Crippen molar-refractivity contribution in [3.8, 4) is 0 Å². The lowest BCUT2D eigenvalue weighted by Crippen LogP contribution is -2.48. The number of benzene rings is 1. The molecule has 0 spiro atoms. The molecule has 1 aliphatic rings. The van der Waals surface area contributed by atoms with Crippen molar-refractivity contribution in [2.45, 2.75) is 32.9 Å². The van der Waals surface area contributed by atoms with E-state index in [9.17, 15) is 0 Å². The Balaban J connectivity index is 1.97. The first-order valence-electron chi connectivity index (χ1n) is 7.27. The fourth-order valence-electron chi connectivity index (χ4n) is 3.17. The van der Waals surface area contributed by atoms with Crippen molar-refractivity contribution in [1.29, 1.82) is 0 Å². The zero-order valence-electron chi connectivity index (χ0n) is 12.3. The molecule has 106 valence electrons. The molecule has 0 saturated carbocycles. The molecule has 1 aliphatic heterocycles. The van der Waals surface area contributed by atoms with E-state index < -0.39 is 0 Å². The van der Waals surface area contributed by atoms with Gasteiger partial charge in [0.05, 0.1) is 0 Å². The molecule has 0 bridgehead atoms. The quantitative estimate of drug-likeness (QED) is 0.833. The molecule has 19 heavy (non-hydrogen) atoms. The van der Waals surface area contributed by atoms with Crippen molar-refractivity contribution in [3.63, 3.8) is 0 Å². The van der Waals surface area contributed by atoms with Gasteiger partial charge < -0.3 is 4.90 Å². The Morgan fingerprint density at radius 2 is 2.11 bits per heavy atom. The number of nitrogens with zero attached hydrogens (tertiary/aromatic N) is 2. The monoisotopic (exact) mass is 280 g/mol. The Bertz CT molecular complexity index is 407. The van der Waals surface area contributed by atoms with Crippen LogP contribution in [-0.2, 0) is 6.54 Å². The van der Waals surface area contributed by atoms with Crippen molar-refractivity contribution in [2.24, 2.45) is 5.92 Å². The van der Waals surface area contributed by atoms with Gasteiger partial charge in [-0.25, -0.2) is 0 Å². The third-order valence-electron chi connectivity index (χ3n) is 4.34. The summed E-state index contributed by atoms with van der Waals surface area (Å²) in [6, 6.07) is 8.84. The molecule has 0 radical (unpaired) electrons. The summed E-state index contributed by atoms with van der Waals surface area (Å²) in [4.78, 5) is 5.02. The van der Waals surface area contributed by atoms with Crippen molar-refractivity contribution in [3.05, 3.63) is 34.9 Å². The molecule has 1 heterocycles. The summed E-state index contributed by atoms with van der Waals surface area (Å²) in [5, 5.41) is 0.882. The molecule has 0 amide bonds. The zero-order chi connectivity index (χ0) is 13.8. The third kappa shape index (κ3) is 3.71. The van der Waals surface area contributed by atoms with Gasteiger partial charge in [0.2, 0.25) is 0 Å². The minimum atomic E-state index is 0.666. The highest BCUT2D eigenvalue weighted by Crippen LogP contribution is 2.24. The van der Waals surface area contributed by atoms with E-state index in [1.807, 2.05) is 12.1 Å². The predicted octanol–water partition coefficient (Wildman–Crippen LogP) is 3.50. The number of likely N-dealkylation sites (tertiary alicyclic amines) is 1. The van der Waals surface area contributed by atoms with Gasteiger partial charge in [0.1, 0.15) is 0 Å². The van der Waals surface area contributed by atoms with Gasteiger partial charge in [-0.05, 0) is 44.1 Å². The summed E-state index contributed by atoms with van der Waals surface area (Å²) in [6.07, 6.45) is 1.26.